The molecule has 214 valence electrons. The van der Waals surface area contributed by atoms with Crippen molar-refractivity contribution < 1.29 is 18.3 Å². The van der Waals surface area contributed by atoms with E-state index in [1.165, 1.54) is 51.4 Å². The third-order valence-corrected chi connectivity index (χ3v) is 14.2. The van der Waals surface area contributed by atoms with Crippen LogP contribution < -0.4 is 0 Å². The average molecular weight is 539 g/mol. The van der Waals surface area contributed by atoms with E-state index < -0.39 is 10.0 Å². The lowest BCUT2D eigenvalue weighted by molar-refractivity contribution is -0.124. The number of aliphatic hydroxyl groups is 1. The maximum Gasteiger partial charge on any atom is 0.217 e. The van der Waals surface area contributed by atoms with Crippen molar-refractivity contribution in [2.75, 3.05) is 33.4 Å². The lowest BCUT2D eigenvalue weighted by Crippen LogP contribution is -2.71. The van der Waals surface area contributed by atoms with Gasteiger partial charge in [0.15, 0.2) is 0 Å². The molecule has 0 spiro atoms. The Hall–Kier alpha value is -0.210. The normalized spacial score (nSPS) is 44.9. The fourth-order valence-corrected chi connectivity index (χ4v) is 11.8. The number of hydrogen-bond acceptors (Lipinski definition) is 5. The molecule has 3 saturated carbocycles. The highest BCUT2D eigenvalue weighted by Gasteiger charge is 2.53. The van der Waals surface area contributed by atoms with Crippen molar-refractivity contribution in [1.82, 2.24) is 9.21 Å². The molecule has 0 radical (unpaired) electrons. The SMILES string of the molecule is COC1CCC(C2CCC([C@H]3C4CN(S(=O)(=O)C5CCCCC5C)CCCCN4[C@@H]3CO)CC2)C(C)C1. The van der Waals surface area contributed by atoms with Crippen molar-refractivity contribution in [3.8, 4) is 0 Å². The van der Waals surface area contributed by atoms with E-state index >= 15 is 0 Å². The van der Waals surface area contributed by atoms with Gasteiger partial charge in [0, 0.05) is 32.3 Å². The molecule has 5 rings (SSSR count). The minimum Gasteiger partial charge on any atom is -0.395 e. The largest absolute Gasteiger partial charge is 0.395 e. The van der Waals surface area contributed by atoms with Gasteiger partial charge >= 0.3 is 0 Å². The van der Waals surface area contributed by atoms with Crippen LogP contribution in [0, 0.1) is 35.5 Å². The molecular formula is C30H54N2O4S. The standard InChI is InChI=1S/C30H54N2O4S/c1-21-8-4-5-9-29(21)37(34,35)31-16-6-7-17-32-27(19-31)30(28(32)20-33)24-12-10-23(11-13-24)26-15-14-25(36-3)18-22(26)2/h21-30,33H,4-20H2,1-3H3/t21?,22?,23?,24?,25?,26?,27?,28-,29?,30+/m1/s1. The fourth-order valence-electron chi connectivity index (χ4n) is 9.53. The zero-order valence-electron chi connectivity index (χ0n) is 23.8. The van der Waals surface area contributed by atoms with Crippen LogP contribution in [0.2, 0.25) is 0 Å². The Bertz CT molecular complexity index is 845. The van der Waals surface area contributed by atoms with Crippen molar-refractivity contribution in [1.29, 1.82) is 0 Å². The summed E-state index contributed by atoms with van der Waals surface area (Å²) in [7, 11) is -1.42. The van der Waals surface area contributed by atoms with E-state index in [1.807, 2.05) is 11.4 Å². The maximum atomic E-state index is 13.9. The van der Waals surface area contributed by atoms with Crippen LogP contribution >= 0.6 is 0 Å². The van der Waals surface area contributed by atoms with Gasteiger partial charge in [-0.05, 0) is 113 Å². The number of aliphatic hydroxyl groups excluding tert-OH is 1. The summed E-state index contributed by atoms with van der Waals surface area (Å²) >= 11 is 0. The molecule has 2 aliphatic heterocycles. The molecular weight excluding hydrogens is 484 g/mol. The molecule has 7 heteroatoms. The summed E-state index contributed by atoms with van der Waals surface area (Å²) in [5.74, 6) is 3.73. The summed E-state index contributed by atoms with van der Waals surface area (Å²) < 4.78 is 35.3. The van der Waals surface area contributed by atoms with Gasteiger partial charge in [0.1, 0.15) is 0 Å². The first-order valence-corrected chi connectivity index (χ1v) is 17.2. The molecule has 0 aromatic carbocycles. The molecule has 6 nitrogen and oxygen atoms in total. The molecule has 0 aromatic heterocycles. The number of ether oxygens (including phenoxy) is 1. The van der Waals surface area contributed by atoms with E-state index in [9.17, 15) is 13.5 Å². The predicted octanol–water partition coefficient (Wildman–Crippen LogP) is 4.91. The number of hydrogen-bond donors (Lipinski definition) is 1. The van der Waals surface area contributed by atoms with E-state index in [1.54, 1.807) is 0 Å². The minimum absolute atomic E-state index is 0.202. The molecule has 5 fully saturated rings. The van der Waals surface area contributed by atoms with Crippen molar-refractivity contribution in [2.24, 2.45) is 35.5 Å². The van der Waals surface area contributed by atoms with Gasteiger partial charge in [-0.25, -0.2) is 12.7 Å². The zero-order valence-corrected chi connectivity index (χ0v) is 24.6. The number of rotatable bonds is 6. The average Bonchev–Trinajstić information content (AvgIpc) is 2.88. The Balaban J connectivity index is 1.25. The van der Waals surface area contributed by atoms with Crippen molar-refractivity contribution >= 4 is 10.0 Å². The van der Waals surface area contributed by atoms with Crippen LogP contribution in [-0.2, 0) is 14.8 Å². The molecule has 5 aliphatic rings. The van der Waals surface area contributed by atoms with Crippen LogP contribution in [0.5, 0.6) is 0 Å². The van der Waals surface area contributed by atoms with Crippen molar-refractivity contribution in [3.05, 3.63) is 0 Å². The van der Waals surface area contributed by atoms with Crippen LogP contribution in [-0.4, -0.2) is 79.5 Å². The lowest BCUT2D eigenvalue weighted by atomic mass is 9.61. The molecule has 6 unspecified atom stereocenters. The highest BCUT2D eigenvalue weighted by atomic mass is 32.2. The van der Waals surface area contributed by atoms with Crippen LogP contribution in [0.25, 0.3) is 0 Å². The Labute approximate surface area is 226 Å². The molecule has 37 heavy (non-hydrogen) atoms. The summed E-state index contributed by atoms with van der Waals surface area (Å²) in [6.45, 7) is 7.13. The highest BCUT2D eigenvalue weighted by Crippen LogP contribution is 2.49. The Morgan fingerprint density at radius 3 is 2.22 bits per heavy atom. The van der Waals surface area contributed by atoms with Gasteiger partial charge in [-0.2, -0.15) is 0 Å². The molecule has 0 aromatic rings. The van der Waals surface area contributed by atoms with E-state index in [2.05, 4.69) is 18.7 Å². The second kappa shape index (κ2) is 12.1. The molecule has 3 aliphatic carbocycles. The summed E-state index contributed by atoms with van der Waals surface area (Å²) in [5, 5.41) is 10.2. The minimum atomic E-state index is -3.28. The van der Waals surface area contributed by atoms with Gasteiger partial charge in [0.05, 0.1) is 18.0 Å². The topological polar surface area (TPSA) is 70.1 Å². The van der Waals surface area contributed by atoms with Crippen LogP contribution in [0.15, 0.2) is 0 Å². The third-order valence-electron chi connectivity index (χ3n) is 11.7. The third kappa shape index (κ3) is 5.68. The van der Waals surface area contributed by atoms with Crippen LogP contribution in [0.4, 0.5) is 0 Å². The molecule has 0 bridgehead atoms. The number of nitrogens with zero attached hydrogens (tertiary/aromatic N) is 2. The van der Waals surface area contributed by atoms with Crippen molar-refractivity contribution in [3.63, 3.8) is 0 Å². The molecule has 2 heterocycles. The van der Waals surface area contributed by atoms with Crippen LogP contribution in [0.3, 0.4) is 0 Å². The maximum absolute atomic E-state index is 13.9. The quantitative estimate of drug-likeness (QED) is 0.520. The summed E-state index contributed by atoms with van der Waals surface area (Å²) in [5.41, 5.74) is 0. The predicted molar refractivity (Wildman–Crippen MR) is 149 cm³/mol. The Kier molecular flexibility index (Phi) is 9.28. The Morgan fingerprint density at radius 2 is 1.54 bits per heavy atom. The van der Waals surface area contributed by atoms with E-state index in [-0.39, 0.29) is 29.9 Å². The van der Waals surface area contributed by atoms with Crippen molar-refractivity contribution in [2.45, 2.75) is 121 Å². The number of sulfonamides is 1. The van der Waals surface area contributed by atoms with Gasteiger partial charge in [0.25, 0.3) is 0 Å². The summed E-state index contributed by atoms with van der Waals surface area (Å²) in [4.78, 5) is 2.48. The van der Waals surface area contributed by atoms with Gasteiger partial charge in [-0.1, -0.05) is 26.7 Å². The van der Waals surface area contributed by atoms with Gasteiger partial charge < -0.3 is 9.84 Å². The van der Waals surface area contributed by atoms with Gasteiger partial charge in [0.2, 0.25) is 10.0 Å². The van der Waals surface area contributed by atoms with E-state index in [4.69, 9.17) is 4.74 Å². The zero-order chi connectivity index (χ0) is 26.2. The lowest BCUT2D eigenvalue weighted by Gasteiger charge is -2.60. The first kappa shape index (κ1) is 28.3. The second-order valence-electron chi connectivity index (χ2n) is 13.5. The highest BCUT2D eigenvalue weighted by molar-refractivity contribution is 7.89. The fraction of sp³-hybridized carbons (Fsp3) is 1.00. The van der Waals surface area contributed by atoms with Crippen LogP contribution in [0.1, 0.15) is 97.3 Å². The van der Waals surface area contributed by atoms with Gasteiger partial charge in [-0.15, -0.1) is 0 Å². The first-order chi connectivity index (χ1) is 17.8. The number of methoxy groups -OCH3 is 1. The van der Waals surface area contributed by atoms with E-state index in [0.29, 0.717) is 31.0 Å². The Morgan fingerprint density at radius 1 is 0.838 bits per heavy atom. The molecule has 1 N–H and O–H groups in total. The molecule has 8 atom stereocenters. The summed E-state index contributed by atoms with van der Waals surface area (Å²) in [6, 6.07) is 0.502. The second-order valence-corrected chi connectivity index (χ2v) is 15.7. The first-order valence-electron chi connectivity index (χ1n) is 15.7. The number of fused-ring (bicyclic) bond motifs is 1. The summed E-state index contributed by atoms with van der Waals surface area (Å²) in [6.07, 6.45) is 15.3. The smallest absolute Gasteiger partial charge is 0.217 e. The van der Waals surface area contributed by atoms with E-state index in [0.717, 1.165) is 56.4 Å². The molecule has 0 amide bonds. The monoisotopic (exact) mass is 538 g/mol. The van der Waals surface area contributed by atoms with Gasteiger partial charge in [-0.3, -0.25) is 4.90 Å². The molecule has 2 saturated heterocycles.